The van der Waals surface area contributed by atoms with Crippen LogP contribution in [0.5, 0.6) is 0 Å². The molecule has 0 bridgehead atoms. The van der Waals surface area contributed by atoms with Gasteiger partial charge < -0.3 is 5.11 Å². The standard InChI is InChI=1S/C6H10O2/c1-6(8)4-2-3-5-7/h2,4,7H,3,5H2,1H3. The highest BCUT2D eigenvalue weighted by molar-refractivity contribution is 5.87. The molecule has 2 nitrogen and oxygen atoms in total. The molecule has 46 valence electrons. The molecule has 0 saturated heterocycles. The minimum absolute atomic E-state index is 0.0263. The van der Waals surface area contributed by atoms with Gasteiger partial charge in [-0.3, -0.25) is 4.79 Å². The van der Waals surface area contributed by atoms with Gasteiger partial charge in [0, 0.05) is 6.61 Å². The Bertz CT molecular complexity index is 94.7. The summed E-state index contributed by atoms with van der Waals surface area (Å²) in [4.78, 5) is 10.2. The van der Waals surface area contributed by atoms with Crippen LogP contribution in [0.2, 0.25) is 0 Å². The van der Waals surface area contributed by atoms with Crippen molar-refractivity contribution in [1.82, 2.24) is 0 Å². The molecule has 0 atom stereocenters. The molecule has 0 amide bonds. The van der Waals surface area contributed by atoms with Crippen LogP contribution >= 0.6 is 0 Å². The normalized spacial score (nSPS) is 10.2. The van der Waals surface area contributed by atoms with Gasteiger partial charge in [0.15, 0.2) is 5.78 Å². The van der Waals surface area contributed by atoms with E-state index >= 15 is 0 Å². The summed E-state index contributed by atoms with van der Waals surface area (Å²) < 4.78 is 0. The van der Waals surface area contributed by atoms with Crippen LogP contribution in [0, 0.1) is 0 Å². The predicted octanol–water partition coefficient (Wildman–Crippen LogP) is 0.514. The number of rotatable bonds is 3. The Morgan fingerprint density at radius 1 is 1.75 bits per heavy atom. The molecule has 0 aliphatic heterocycles. The second-order valence-corrected chi connectivity index (χ2v) is 1.53. The maximum Gasteiger partial charge on any atom is 0.152 e. The molecule has 0 aliphatic carbocycles. The highest BCUT2D eigenvalue weighted by atomic mass is 16.2. The first-order chi connectivity index (χ1) is 3.77. The lowest BCUT2D eigenvalue weighted by atomic mass is 10.3. The Balaban J connectivity index is 3.20. The average molecular weight is 114 g/mol. The quantitative estimate of drug-likeness (QED) is 0.543. The zero-order chi connectivity index (χ0) is 6.41. The van der Waals surface area contributed by atoms with Crippen molar-refractivity contribution in [3.05, 3.63) is 12.2 Å². The topological polar surface area (TPSA) is 37.3 Å². The Hall–Kier alpha value is -0.630. The predicted molar refractivity (Wildman–Crippen MR) is 31.5 cm³/mol. The molecule has 0 saturated carbocycles. The number of carbonyl (C=O) groups is 1. The molecule has 0 aromatic heterocycles. The second kappa shape index (κ2) is 4.53. The molecular formula is C6H10O2. The van der Waals surface area contributed by atoms with Crippen LogP contribution in [0.15, 0.2) is 12.2 Å². The van der Waals surface area contributed by atoms with Gasteiger partial charge in [-0.2, -0.15) is 0 Å². The van der Waals surface area contributed by atoms with Crippen molar-refractivity contribution >= 4 is 5.78 Å². The average Bonchev–Trinajstić information content (AvgIpc) is 1.66. The molecule has 0 heterocycles. The molecule has 0 radical (unpaired) electrons. The van der Waals surface area contributed by atoms with Gasteiger partial charge >= 0.3 is 0 Å². The van der Waals surface area contributed by atoms with Gasteiger partial charge in [-0.25, -0.2) is 0 Å². The fraction of sp³-hybridized carbons (Fsp3) is 0.500. The maximum atomic E-state index is 10.2. The molecule has 0 aromatic carbocycles. The first kappa shape index (κ1) is 7.37. The van der Waals surface area contributed by atoms with Crippen molar-refractivity contribution < 1.29 is 9.90 Å². The van der Waals surface area contributed by atoms with E-state index in [9.17, 15) is 4.79 Å². The smallest absolute Gasteiger partial charge is 0.152 e. The van der Waals surface area contributed by atoms with E-state index in [2.05, 4.69) is 0 Å². The fourth-order valence-corrected chi connectivity index (χ4v) is 0.324. The highest BCUT2D eigenvalue weighted by Crippen LogP contribution is 1.79. The van der Waals surface area contributed by atoms with E-state index in [1.807, 2.05) is 0 Å². The molecule has 0 unspecified atom stereocenters. The van der Waals surface area contributed by atoms with Crippen molar-refractivity contribution in [3.8, 4) is 0 Å². The molecule has 0 aromatic rings. The summed E-state index contributed by atoms with van der Waals surface area (Å²) in [5.74, 6) is 0.0263. The monoisotopic (exact) mass is 114 g/mol. The SMILES string of the molecule is CC(=O)C=CCCO. The molecular weight excluding hydrogens is 104 g/mol. The van der Waals surface area contributed by atoms with Crippen molar-refractivity contribution in [3.63, 3.8) is 0 Å². The van der Waals surface area contributed by atoms with Gasteiger partial charge in [-0.05, 0) is 19.4 Å². The maximum absolute atomic E-state index is 10.2. The van der Waals surface area contributed by atoms with Crippen molar-refractivity contribution in [2.75, 3.05) is 6.61 Å². The minimum Gasteiger partial charge on any atom is -0.396 e. The first-order valence-electron chi connectivity index (χ1n) is 2.55. The Morgan fingerprint density at radius 3 is 2.75 bits per heavy atom. The van der Waals surface area contributed by atoms with Crippen LogP contribution in [0.4, 0.5) is 0 Å². The number of ketones is 1. The van der Waals surface area contributed by atoms with Crippen LogP contribution in [0.3, 0.4) is 0 Å². The molecule has 8 heavy (non-hydrogen) atoms. The van der Waals surface area contributed by atoms with E-state index < -0.39 is 0 Å². The summed E-state index contributed by atoms with van der Waals surface area (Å²) in [6, 6.07) is 0. The third-order valence-electron chi connectivity index (χ3n) is 0.648. The Labute approximate surface area is 48.8 Å². The second-order valence-electron chi connectivity index (χ2n) is 1.53. The van der Waals surface area contributed by atoms with Crippen LogP contribution in [0.25, 0.3) is 0 Å². The van der Waals surface area contributed by atoms with Crippen LogP contribution < -0.4 is 0 Å². The zero-order valence-electron chi connectivity index (χ0n) is 4.92. The number of hydrogen-bond donors (Lipinski definition) is 1. The van der Waals surface area contributed by atoms with Crippen molar-refractivity contribution in [1.29, 1.82) is 0 Å². The minimum atomic E-state index is 0.0263. The Morgan fingerprint density at radius 2 is 2.38 bits per heavy atom. The van der Waals surface area contributed by atoms with Gasteiger partial charge in [-0.15, -0.1) is 0 Å². The summed E-state index contributed by atoms with van der Waals surface area (Å²) >= 11 is 0. The number of hydrogen-bond acceptors (Lipinski definition) is 2. The first-order valence-corrected chi connectivity index (χ1v) is 2.55. The summed E-state index contributed by atoms with van der Waals surface area (Å²) in [6.07, 6.45) is 3.68. The van der Waals surface area contributed by atoms with E-state index in [0.29, 0.717) is 6.42 Å². The van der Waals surface area contributed by atoms with E-state index in [1.165, 1.54) is 13.0 Å². The van der Waals surface area contributed by atoms with Gasteiger partial charge in [0.25, 0.3) is 0 Å². The van der Waals surface area contributed by atoms with Crippen LogP contribution in [-0.2, 0) is 4.79 Å². The van der Waals surface area contributed by atoms with Gasteiger partial charge in [-0.1, -0.05) is 6.08 Å². The Kier molecular flexibility index (Phi) is 4.17. The lowest BCUT2D eigenvalue weighted by molar-refractivity contribution is -0.112. The molecule has 0 fully saturated rings. The summed E-state index contributed by atoms with van der Waals surface area (Å²) in [5.41, 5.74) is 0. The van der Waals surface area contributed by atoms with E-state index in [1.54, 1.807) is 6.08 Å². The van der Waals surface area contributed by atoms with Crippen LogP contribution in [-0.4, -0.2) is 17.5 Å². The van der Waals surface area contributed by atoms with Crippen molar-refractivity contribution in [2.45, 2.75) is 13.3 Å². The zero-order valence-corrected chi connectivity index (χ0v) is 4.92. The van der Waals surface area contributed by atoms with E-state index in [4.69, 9.17) is 5.11 Å². The van der Waals surface area contributed by atoms with E-state index in [0.717, 1.165) is 0 Å². The highest BCUT2D eigenvalue weighted by Gasteiger charge is 1.78. The molecule has 0 rings (SSSR count). The molecule has 2 heteroatoms. The van der Waals surface area contributed by atoms with Gasteiger partial charge in [0.05, 0.1) is 0 Å². The van der Waals surface area contributed by atoms with E-state index in [-0.39, 0.29) is 12.4 Å². The number of carbonyl (C=O) groups excluding carboxylic acids is 1. The number of aliphatic hydroxyl groups is 1. The molecule has 0 spiro atoms. The lowest BCUT2D eigenvalue weighted by Crippen LogP contribution is -1.81. The summed E-state index contributed by atoms with van der Waals surface area (Å²) in [7, 11) is 0. The fourth-order valence-electron chi connectivity index (χ4n) is 0.324. The third kappa shape index (κ3) is 5.37. The molecule has 1 N–H and O–H groups in total. The third-order valence-corrected chi connectivity index (χ3v) is 0.648. The summed E-state index contributed by atoms with van der Waals surface area (Å²) in [6.45, 7) is 1.59. The summed E-state index contributed by atoms with van der Waals surface area (Å²) in [5, 5.41) is 8.22. The van der Waals surface area contributed by atoms with Gasteiger partial charge in [0.1, 0.15) is 0 Å². The van der Waals surface area contributed by atoms with Gasteiger partial charge in [0.2, 0.25) is 0 Å². The number of aliphatic hydroxyl groups excluding tert-OH is 1. The largest absolute Gasteiger partial charge is 0.396 e. The number of allylic oxidation sites excluding steroid dienone is 1. The van der Waals surface area contributed by atoms with Crippen molar-refractivity contribution in [2.24, 2.45) is 0 Å². The van der Waals surface area contributed by atoms with Crippen LogP contribution in [0.1, 0.15) is 13.3 Å². The molecule has 0 aliphatic rings. The lowest BCUT2D eigenvalue weighted by Gasteiger charge is -1.80.